The number of furan rings is 1. The van der Waals surface area contributed by atoms with Crippen LogP contribution >= 0.6 is 0 Å². The first-order valence-corrected chi connectivity index (χ1v) is 14.4. The standard InChI is InChI=1S/C32H42N4O6/c1-4-25-7-10-27(11-8-25)33-32(38)36(16-15-34-17-20-41-21-18-34)24-31(37)35(23-28-6-5-19-42-28)14-13-26-9-12-29(39-2)30(22-26)40-3/h5-12,19,22H,4,13-18,20-21,23-24H2,1-3H3,(H,33,38). The number of amides is 3. The van der Waals surface area contributed by atoms with E-state index in [9.17, 15) is 9.59 Å². The Bertz CT molecular complexity index is 1260. The number of hydrogen-bond donors (Lipinski definition) is 1. The minimum Gasteiger partial charge on any atom is -0.493 e. The smallest absolute Gasteiger partial charge is 0.322 e. The maximum absolute atomic E-state index is 13.8. The SMILES string of the molecule is CCc1ccc(NC(=O)N(CCN2CCOCC2)CC(=O)N(CCc2ccc(OC)c(OC)c2)Cc2ccco2)cc1. The first-order valence-electron chi connectivity index (χ1n) is 14.4. The van der Waals surface area contributed by atoms with Crippen molar-refractivity contribution in [1.29, 1.82) is 0 Å². The summed E-state index contributed by atoms with van der Waals surface area (Å²) in [4.78, 5) is 32.9. The van der Waals surface area contributed by atoms with Gasteiger partial charge in [-0.1, -0.05) is 25.1 Å². The summed E-state index contributed by atoms with van der Waals surface area (Å²) in [5, 5.41) is 2.98. The second-order valence-electron chi connectivity index (χ2n) is 10.2. The van der Waals surface area contributed by atoms with Crippen LogP contribution in [0.25, 0.3) is 0 Å². The highest BCUT2D eigenvalue weighted by molar-refractivity contribution is 5.92. The Kier molecular flexibility index (Phi) is 11.7. The monoisotopic (exact) mass is 578 g/mol. The van der Waals surface area contributed by atoms with Gasteiger partial charge in [-0.25, -0.2) is 4.79 Å². The normalized spacial score (nSPS) is 13.4. The molecule has 0 radical (unpaired) electrons. The van der Waals surface area contributed by atoms with E-state index in [2.05, 4.69) is 17.1 Å². The third-order valence-electron chi connectivity index (χ3n) is 7.41. The molecule has 2 heterocycles. The highest BCUT2D eigenvalue weighted by Crippen LogP contribution is 2.28. The van der Waals surface area contributed by atoms with Gasteiger partial charge in [0.2, 0.25) is 5.91 Å². The van der Waals surface area contributed by atoms with Gasteiger partial charge in [0.25, 0.3) is 0 Å². The average Bonchev–Trinajstić information content (AvgIpc) is 3.55. The number of rotatable bonds is 14. The molecule has 10 nitrogen and oxygen atoms in total. The minimum absolute atomic E-state index is 0.0597. The molecule has 0 bridgehead atoms. The Morgan fingerprint density at radius 1 is 0.929 bits per heavy atom. The number of benzene rings is 2. The van der Waals surface area contributed by atoms with Crippen molar-refractivity contribution in [3.8, 4) is 11.5 Å². The molecular weight excluding hydrogens is 536 g/mol. The Hall–Kier alpha value is -4.02. The Labute approximate surface area is 248 Å². The van der Waals surface area contributed by atoms with Gasteiger partial charge in [0.05, 0.1) is 40.2 Å². The number of hydrogen-bond acceptors (Lipinski definition) is 7. The van der Waals surface area contributed by atoms with E-state index < -0.39 is 0 Å². The summed E-state index contributed by atoms with van der Waals surface area (Å²) in [5.41, 5.74) is 2.89. The van der Waals surface area contributed by atoms with Gasteiger partial charge in [-0.3, -0.25) is 9.69 Å². The fraction of sp³-hybridized carbons (Fsp3) is 0.438. The first kappa shape index (κ1) is 30.9. The predicted molar refractivity (Wildman–Crippen MR) is 161 cm³/mol. The second kappa shape index (κ2) is 15.8. The molecule has 1 N–H and O–H groups in total. The van der Waals surface area contributed by atoms with E-state index in [4.69, 9.17) is 18.6 Å². The molecule has 1 fully saturated rings. The van der Waals surface area contributed by atoms with Crippen molar-refractivity contribution in [2.45, 2.75) is 26.3 Å². The molecular formula is C32H42N4O6. The molecule has 1 aliphatic rings. The molecule has 3 aromatic rings. The molecule has 0 atom stereocenters. The fourth-order valence-electron chi connectivity index (χ4n) is 4.81. The van der Waals surface area contributed by atoms with Crippen LogP contribution in [0.5, 0.6) is 11.5 Å². The molecule has 1 saturated heterocycles. The average molecular weight is 579 g/mol. The minimum atomic E-state index is -0.307. The van der Waals surface area contributed by atoms with Crippen LogP contribution in [0.1, 0.15) is 23.8 Å². The van der Waals surface area contributed by atoms with E-state index in [0.29, 0.717) is 68.8 Å². The summed E-state index contributed by atoms with van der Waals surface area (Å²) >= 11 is 0. The van der Waals surface area contributed by atoms with Crippen LogP contribution in [0, 0.1) is 0 Å². The zero-order valence-corrected chi connectivity index (χ0v) is 24.8. The number of aryl methyl sites for hydroxylation is 1. The van der Waals surface area contributed by atoms with E-state index in [-0.39, 0.29) is 18.5 Å². The predicted octanol–water partition coefficient (Wildman–Crippen LogP) is 4.30. The molecule has 0 aliphatic carbocycles. The summed E-state index contributed by atoms with van der Waals surface area (Å²) in [6.45, 7) is 6.78. The maximum atomic E-state index is 13.8. The fourth-order valence-corrected chi connectivity index (χ4v) is 4.81. The zero-order chi connectivity index (χ0) is 29.7. The van der Waals surface area contributed by atoms with Crippen molar-refractivity contribution in [3.63, 3.8) is 0 Å². The highest BCUT2D eigenvalue weighted by Gasteiger charge is 2.24. The Morgan fingerprint density at radius 3 is 2.33 bits per heavy atom. The van der Waals surface area contributed by atoms with Crippen molar-refractivity contribution < 1.29 is 28.2 Å². The van der Waals surface area contributed by atoms with Crippen LogP contribution in [0.3, 0.4) is 0 Å². The lowest BCUT2D eigenvalue weighted by Crippen LogP contribution is -2.48. The molecule has 1 aromatic heterocycles. The lowest BCUT2D eigenvalue weighted by Gasteiger charge is -2.31. The quantitative estimate of drug-likeness (QED) is 0.305. The number of nitrogens with zero attached hydrogens (tertiary/aromatic N) is 3. The number of nitrogens with one attached hydrogen (secondary N) is 1. The van der Waals surface area contributed by atoms with Crippen LogP contribution in [0.15, 0.2) is 65.3 Å². The van der Waals surface area contributed by atoms with E-state index in [1.54, 1.807) is 36.3 Å². The van der Waals surface area contributed by atoms with Crippen LogP contribution in [-0.2, 0) is 28.9 Å². The topological polar surface area (TPSA) is 96.7 Å². The van der Waals surface area contributed by atoms with Crippen molar-refractivity contribution >= 4 is 17.6 Å². The van der Waals surface area contributed by atoms with Gasteiger partial charge < -0.3 is 33.7 Å². The number of morpholine rings is 1. The summed E-state index contributed by atoms with van der Waals surface area (Å²) in [5.74, 6) is 1.80. The van der Waals surface area contributed by atoms with E-state index in [1.807, 2.05) is 48.5 Å². The molecule has 0 unspecified atom stereocenters. The van der Waals surface area contributed by atoms with Crippen LogP contribution in [0.2, 0.25) is 0 Å². The first-order chi connectivity index (χ1) is 20.5. The summed E-state index contributed by atoms with van der Waals surface area (Å²) in [7, 11) is 3.20. The van der Waals surface area contributed by atoms with Gasteiger partial charge in [0, 0.05) is 38.4 Å². The van der Waals surface area contributed by atoms with Crippen LogP contribution in [-0.4, -0.2) is 93.3 Å². The number of carbonyl (C=O) groups is 2. The van der Waals surface area contributed by atoms with Gasteiger partial charge in [-0.2, -0.15) is 0 Å². The number of anilines is 1. The number of ether oxygens (including phenoxy) is 3. The van der Waals surface area contributed by atoms with Crippen LogP contribution in [0.4, 0.5) is 10.5 Å². The summed E-state index contributed by atoms with van der Waals surface area (Å²) in [6.07, 6.45) is 3.11. The second-order valence-corrected chi connectivity index (χ2v) is 10.2. The molecule has 42 heavy (non-hydrogen) atoms. The Balaban J connectivity index is 1.47. The maximum Gasteiger partial charge on any atom is 0.322 e. The lowest BCUT2D eigenvalue weighted by atomic mass is 10.1. The molecule has 4 rings (SSSR count). The largest absolute Gasteiger partial charge is 0.493 e. The molecule has 2 aromatic carbocycles. The molecule has 0 spiro atoms. The highest BCUT2D eigenvalue weighted by atomic mass is 16.5. The summed E-state index contributed by atoms with van der Waals surface area (Å²) < 4.78 is 21.8. The summed E-state index contributed by atoms with van der Waals surface area (Å²) in [6, 6.07) is 16.9. The lowest BCUT2D eigenvalue weighted by molar-refractivity contribution is -0.132. The van der Waals surface area contributed by atoms with Crippen molar-refractivity contribution in [2.24, 2.45) is 0 Å². The Morgan fingerprint density at radius 2 is 1.67 bits per heavy atom. The number of methoxy groups -OCH3 is 2. The van der Waals surface area contributed by atoms with E-state index >= 15 is 0 Å². The molecule has 1 aliphatic heterocycles. The third kappa shape index (κ3) is 8.99. The third-order valence-corrected chi connectivity index (χ3v) is 7.41. The van der Waals surface area contributed by atoms with Crippen molar-refractivity contribution in [3.05, 3.63) is 77.7 Å². The molecule has 10 heteroatoms. The van der Waals surface area contributed by atoms with Gasteiger partial charge in [0.15, 0.2) is 11.5 Å². The molecule has 226 valence electrons. The van der Waals surface area contributed by atoms with Crippen LogP contribution < -0.4 is 14.8 Å². The number of urea groups is 1. The van der Waals surface area contributed by atoms with Gasteiger partial charge in [-0.15, -0.1) is 0 Å². The zero-order valence-electron chi connectivity index (χ0n) is 24.8. The van der Waals surface area contributed by atoms with Gasteiger partial charge >= 0.3 is 6.03 Å². The van der Waals surface area contributed by atoms with Crippen molar-refractivity contribution in [2.75, 3.05) is 72.0 Å². The number of carbonyl (C=O) groups excluding carboxylic acids is 2. The molecule has 0 saturated carbocycles. The van der Waals surface area contributed by atoms with E-state index in [0.717, 1.165) is 25.1 Å². The van der Waals surface area contributed by atoms with Gasteiger partial charge in [-0.05, 0) is 60.4 Å². The van der Waals surface area contributed by atoms with E-state index in [1.165, 1.54) is 5.56 Å². The van der Waals surface area contributed by atoms with Crippen molar-refractivity contribution in [1.82, 2.24) is 14.7 Å². The van der Waals surface area contributed by atoms with Gasteiger partial charge in [0.1, 0.15) is 12.3 Å². The molecule has 3 amide bonds.